The van der Waals surface area contributed by atoms with Gasteiger partial charge in [0, 0.05) is 51.0 Å². The molecule has 2 aromatic rings. The van der Waals surface area contributed by atoms with Gasteiger partial charge in [0.25, 0.3) is 0 Å². The maximum absolute atomic E-state index is 5.53. The van der Waals surface area contributed by atoms with Gasteiger partial charge in [-0.25, -0.2) is 4.98 Å². The van der Waals surface area contributed by atoms with Gasteiger partial charge in [-0.1, -0.05) is 19.1 Å². The Balaban J connectivity index is 1.46. The lowest BCUT2D eigenvalue weighted by Crippen LogP contribution is -2.47. The standard InChI is InChI=1S/C22H31N5O/c1-17-8-10-26(11-9-17)21-16-18(2)23-22(24-21)27-14-12-25(13-15-27)19-6-4-5-7-20(19)28-3/h4-7,16-17H,8-15H2,1-3H3. The van der Waals surface area contributed by atoms with Gasteiger partial charge in [-0.15, -0.1) is 0 Å². The van der Waals surface area contributed by atoms with E-state index in [4.69, 9.17) is 14.7 Å². The monoisotopic (exact) mass is 381 g/mol. The highest BCUT2D eigenvalue weighted by molar-refractivity contribution is 5.59. The SMILES string of the molecule is COc1ccccc1N1CCN(c2nc(C)cc(N3CCC(C)CC3)n2)CC1. The second-order valence-corrected chi connectivity index (χ2v) is 7.98. The zero-order valence-electron chi connectivity index (χ0n) is 17.3. The van der Waals surface area contributed by atoms with Crippen molar-refractivity contribution in [3.05, 3.63) is 36.0 Å². The molecule has 3 heterocycles. The summed E-state index contributed by atoms with van der Waals surface area (Å²) in [7, 11) is 1.73. The van der Waals surface area contributed by atoms with Crippen molar-refractivity contribution in [2.45, 2.75) is 26.7 Å². The molecule has 2 aliphatic heterocycles. The molecule has 0 unspecified atom stereocenters. The molecule has 6 heteroatoms. The van der Waals surface area contributed by atoms with Crippen LogP contribution >= 0.6 is 0 Å². The van der Waals surface area contributed by atoms with Crippen molar-refractivity contribution in [2.24, 2.45) is 5.92 Å². The predicted molar refractivity (Wildman–Crippen MR) is 115 cm³/mol. The highest BCUT2D eigenvalue weighted by atomic mass is 16.5. The van der Waals surface area contributed by atoms with Crippen LogP contribution in [0.25, 0.3) is 0 Å². The normalized spacial score (nSPS) is 18.5. The summed E-state index contributed by atoms with van der Waals surface area (Å²) in [5, 5.41) is 0. The number of nitrogens with zero attached hydrogens (tertiary/aromatic N) is 5. The van der Waals surface area contributed by atoms with Gasteiger partial charge in [0.2, 0.25) is 5.95 Å². The van der Waals surface area contributed by atoms with E-state index in [0.717, 1.165) is 74.1 Å². The first-order chi connectivity index (χ1) is 13.6. The fraction of sp³-hybridized carbons (Fsp3) is 0.545. The molecular weight excluding hydrogens is 350 g/mol. The fourth-order valence-electron chi connectivity index (χ4n) is 4.12. The van der Waals surface area contributed by atoms with Crippen LogP contribution in [-0.2, 0) is 0 Å². The Kier molecular flexibility index (Phi) is 5.55. The Morgan fingerprint density at radius 1 is 0.893 bits per heavy atom. The van der Waals surface area contributed by atoms with Crippen LogP contribution in [0, 0.1) is 12.8 Å². The van der Waals surface area contributed by atoms with Crippen LogP contribution in [0.3, 0.4) is 0 Å². The van der Waals surface area contributed by atoms with E-state index in [0.29, 0.717) is 0 Å². The van der Waals surface area contributed by atoms with Crippen molar-refractivity contribution in [1.82, 2.24) is 9.97 Å². The summed E-state index contributed by atoms with van der Waals surface area (Å²) in [4.78, 5) is 16.8. The van der Waals surface area contributed by atoms with E-state index in [-0.39, 0.29) is 0 Å². The number of piperidine rings is 1. The molecule has 0 bridgehead atoms. The molecule has 28 heavy (non-hydrogen) atoms. The molecule has 1 aromatic heterocycles. The van der Waals surface area contributed by atoms with E-state index in [2.05, 4.69) is 46.7 Å². The molecule has 0 saturated carbocycles. The van der Waals surface area contributed by atoms with E-state index in [9.17, 15) is 0 Å². The summed E-state index contributed by atoms with van der Waals surface area (Å²) in [6.45, 7) is 10.3. The average Bonchev–Trinajstić information content (AvgIpc) is 2.74. The van der Waals surface area contributed by atoms with Crippen LogP contribution in [0.15, 0.2) is 30.3 Å². The minimum Gasteiger partial charge on any atom is -0.495 e. The van der Waals surface area contributed by atoms with Gasteiger partial charge in [0.05, 0.1) is 12.8 Å². The minimum atomic E-state index is 0.821. The third-order valence-corrected chi connectivity index (χ3v) is 5.92. The highest BCUT2D eigenvalue weighted by Crippen LogP contribution is 2.29. The second-order valence-electron chi connectivity index (χ2n) is 7.98. The van der Waals surface area contributed by atoms with E-state index in [1.807, 2.05) is 12.1 Å². The minimum absolute atomic E-state index is 0.821. The Labute approximate surface area is 168 Å². The number of hydrogen-bond acceptors (Lipinski definition) is 6. The average molecular weight is 382 g/mol. The Morgan fingerprint density at radius 2 is 1.57 bits per heavy atom. The van der Waals surface area contributed by atoms with Crippen LogP contribution in [0.4, 0.5) is 17.5 Å². The fourth-order valence-corrected chi connectivity index (χ4v) is 4.12. The molecule has 0 radical (unpaired) electrons. The zero-order chi connectivity index (χ0) is 19.5. The molecule has 0 atom stereocenters. The summed E-state index contributed by atoms with van der Waals surface area (Å²) in [5.74, 6) is 3.71. The molecular formula is C22H31N5O. The molecule has 2 saturated heterocycles. The quantitative estimate of drug-likeness (QED) is 0.809. The van der Waals surface area contributed by atoms with Gasteiger partial charge in [0.15, 0.2) is 0 Å². The van der Waals surface area contributed by atoms with E-state index >= 15 is 0 Å². The molecule has 0 aliphatic carbocycles. The van der Waals surface area contributed by atoms with Gasteiger partial charge >= 0.3 is 0 Å². The van der Waals surface area contributed by atoms with Crippen molar-refractivity contribution in [2.75, 3.05) is 61.1 Å². The molecule has 0 N–H and O–H groups in total. The highest BCUT2D eigenvalue weighted by Gasteiger charge is 2.23. The first kappa shape index (κ1) is 18.8. The van der Waals surface area contributed by atoms with Gasteiger partial charge in [-0.3, -0.25) is 0 Å². The summed E-state index contributed by atoms with van der Waals surface area (Å²) in [6.07, 6.45) is 2.49. The lowest BCUT2D eigenvalue weighted by atomic mass is 9.99. The molecule has 150 valence electrons. The number of aromatic nitrogens is 2. The van der Waals surface area contributed by atoms with E-state index in [1.165, 1.54) is 12.8 Å². The summed E-state index contributed by atoms with van der Waals surface area (Å²) in [5.41, 5.74) is 2.21. The number of hydrogen-bond donors (Lipinski definition) is 0. The molecule has 4 rings (SSSR count). The van der Waals surface area contributed by atoms with E-state index in [1.54, 1.807) is 7.11 Å². The number of piperazine rings is 1. The van der Waals surface area contributed by atoms with Crippen molar-refractivity contribution in [1.29, 1.82) is 0 Å². The third kappa shape index (κ3) is 4.01. The second kappa shape index (κ2) is 8.25. The van der Waals surface area contributed by atoms with Gasteiger partial charge in [-0.2, -0.15) is 4.98 Å². The number of aryl methyl sites for hydroxylation is 1. The van der Waals surface area contributed by atoms with Crippen molar-refractivity contribution < 1.29 is 4.74 Å². The van der Waals surface area contributed by atoms with E-state index < -0.39 is 0 Å². The molecule has 6 nitrogen and oxygen atoms in total. The van der Waals surface area contributed by atoms with Crippen molar-refractivity contribution in [3.8, 4) is 5.75 Å². The predicted octanol–water partition coefficient (Wildman–Crippen LogP) is 3.36. The largest absolute Gasteiger partial charge is 0.495 e. The van der Waals surface area contributed by atoms with Crippen LogP contribution in [-0.4, -0.2) is 56.3 Å². The van der Waals surface area contributed by atoms with Gasteiger partial charge in [-0.05, 0) is 37.8 Å². The number of methoxy groups -OCH3 is 1. The van der Waals surface area contributed by atoms with Crippen LogP contribution in [0.2, 0.25) is 0 Å². The third-order valence-electron chi connectivity index (χ3n) is 5.92. The smallest absolute Gasteiger partial charge is 0.227 e. The van der Waals surface area contributed by atoms with Crippen LogP contribution in [0.1, 0.15) is 25.5 Å². The van der Waals surface area contributed by atoms with Gasteiger partial charge < -0.3 is 19.4 Å². The Bertz CT molecular complexity index is 795. The first-order valence-electron chi connectivity index (χ1n) is 10.4. The number of benzene rings is 1. The van der Waals surface area contributed by atoms with Crippen LogP contribution < -0.4 is 19.4 Å². The molecule has 2 aliphatic rings. The summed E-state index contributed by atoms with van der Waals surface area (Å²) in [6, 6.07) is 10.4. The van der Waals surface area contributed by atoms with Crippen LogP contribution in [0.5, 0.6) is 5.75 Å². The Hall–Kier alpha value is -2.50. The first-order valence-corrected chi connectivity index (χ1v) is 10.4. The Morgan fingerprint density at radius 3 is 2.29 bits per heavy atom. The van der Waals surface area contributed by atoms with Gasteiger partial charge in [0.1, 0.15) is 11.6 Å². The number of ether oxygens (including phenoxy) is 1. The lowest BCUT2D eigenvalue weighted by molar-refractivity contribution is 0.413. The van der Waals surface area contributed by atoms with Crippen molar-refractivity contribution in [3.63, 3.8) is 0 Å². The molecule has 1 aromatic carbocycles. The zero-order valence-corrected chi connectivity index (χ0v) is 17.3. The van der Waals surface area contributed by atoms with Crippen molar-refractivity contribution >= 4 is 17.5 Å². The lowest BCUT2D eigenvalue weighted by Gasteiger charge is -2.37. The maximum Gasteiger partial charge on any atom is 0.227 e. The summed E-state index contributed by atoms with van der Waals surface area (Å²) < 4.78 is 5.53. The maximum atomic E-state index is 5.53. The molecule has 0 amide bonds. The summed E-state index contributed by atoms with van der Waals surface area (Å²) >= 11 is 0. The molecule has 2 fully saturated rings. The number of rotatable bonds is 4. The number of anilines is 3. The molecule has 0 spiro atoms. The number of para-hydroxylation sites is 2. The topological polar surface area (TPSA) is 44.7 Å².